The van der Waals surface area contributed by atoms with Gasteiger partial charge in [-0.2, -0.15) is 0 Å². The third-order valence-corrected chi connectivity index (χ3v) is 6.64. The molecule has 5 atom stereocenters. The van der Waals surface area contributed by atoms with Crippen molar-refractivity contribution in [3.8, 4) is 0 Å². The van der Waals surface area contributed by atoms with Gasteiger partial charge >= 0.3 is 0 Å². The minimum atomic E-state index is -1.36. The number of aliphatic hydroxyl groups excluding tert-OH is 4. The quantitative estimate of drug-likeness (QED) is 0.605. The molecule has 4 rings (SSSR count). The molecule has 1 aliphatic heterocycles. The van der Waals surface area contributed by atoms with Crippen LogP contribution in [0.3, 0.4) is 0 Å². The van der Waals surface area contributed by atoms with E-state index in [9.17, 15) is 20.4 Å². The van der Waals surface area contributed by atoms with Crippen molar-refractivity contribution in [2.45, 2.75) is 76.0 Å². The fourth-order valence-corrected chi connectivity index (χ4v) is 4.83. The van der Waals surface area contributed by atoms with Gasteiger partial charge in [0.2, 0.25) is 0 Å². The second kappa shape index (κ2) is 9.16. The van der Waals surface area contributed by atoms with Crippen LogP contribution in [0, 0.1) is 0 Å². The van der Waals surface area contributed by atoms with E-state index in [1.54, 1.807) is 0 Å². The lowest BCUT2D eigenvalue weighted by atomic mass is 9.87. The van der Waals surface area contributed by atoms with E-state index in [0.29, 0.717) is 0 Å². The third-order valence-electron chi connectivity index (χ3n) is 6.64. The van der Waals surface area contributed by atoms with Gasteiger partial charge in [0.15, 0.2) is 0 Å². The molecule has 2 aromatic carbocycles. The zero-order chi connectivity index (χ0) is 21.3. The Balaban J connectivity index is 1.62. The molecule has 5 heteroatoms. The first-order chi connectivity index (χ1) is 14.5. The molecule has 1 fully saturated rings. The monoisotopic (exact) mass is 412 g/mol. The van der Waals surface area contributed by atoms with Gasteiger partial charge in [0.05, 0.1) is 6.61 Å². The smallest absolute Gasteiger partial charge is 0.113 e. The number of rotatable bonds is 5. The Morgan fingerprint density at radius 3 is 2.37 bits per heavy atom. The Kier molecular flexibility index (Phi) is 6.56. The highest BCUT2D eigenvalue weighted by Crippen LogP contribution is 2.34. The van der Waals surface area contributed by atoms with Gasteiger partial charge in [0, 0.05) is 0 Å². The molecule has 0 bridgehead atoms. The van der Waals surface area contributed by atoms with Crippen LogP contribution in [0.25, 0.3) is 0 Å². The SMILES string of the molecule is CCc1ccc([C@@H]2O[C@H](CO)[C@@H](O)[C@H](O)[C@H]2O)cc1Cc1ccc2c(c1)CCCC2. The average Bonchev–Trinajstić information content (AvgIpc) is 2.77. The van der Waals surface area contributed by atoms with Gasteiger partial charge in [-0.25, -0.2) is 0 Å². The Bertz CT molecular complexity index is 878. The van der Waals surface area contributed by atoms with Crippen LogP contribution in [0.1, 0.15) is 59.3 Å². The molecule has 2 aliphatic rings. The summed E-state index contributed by atoms with van der Waals surface area (Å²) in [5.41, 5.74) is 7.36. The molecule has 1 heterocycles. The standard InChI is InChI=1S/C25H32O5/c1-2-16-9-10-19(25-24(29)23(28)22(27)21(14-26)30-25)13-20(16)12-15-7-8-17-5-3-4-6-18(17)11-15/h7-11,13,21-29H,2-6,12,14H2,1H3/t21-,22-,23+,24-,25+/m1/s1. The van der Waals surface area contributed by atoms with E-state index < -0.39 is 37.1 Å². The van der Waals surface area contributed by atoms with Crippen molar-refractivity contribution in [2.75, 3.05) is 6.61 Å². The number of aryl methyl sites for hydroxylation is 3. The molecule has 5 nitrogen and oxygen atoms in total. The summed E-state index contributed by atoms with van der Waals surface area (Å²) in [7, 11) is 0. The zero-order valence-corrected chi connectivity index (χ0v) is 17.5. The van der Waals surface area contributed by atoms with E-state index in [0.717, 1.165) is 24.8 Å². The van der Waals surface area contributed by atoms with Gasteiger partial charge in [-0.05, 0) is 71.9 Å². The highest BCUT2D eigenvalue weighted by Gasteiger charge is 2.44. The Morgan fingerprint density at radius 1 is 0.867 bits per heavy atom. The molecular weight excluding hydrogens is 380 g/mol. The van der Waals surface area contributed by atoms with Gasteiger partial charge in [0.1, 0.15) is 30.5 Å². The highest BCUT2D eigenvalue weighted by atomic mass is 16.5. The molecule has 1 saturated heterocycles. The number of fused-ring (bicyclic) bond motifs is 1. The van der Waals surface area contributed by atoms with Crippen LogP contribution in [0.5, 0.6) is 0 Å². The van der Waals surface area contributed by atoms with Gasteiger partial charge in [-0.15, -0.1) is 0 Å². The van der Waals surface area contributed by atoms with Crippen molar-refractivity contribution in [1.29, 1.82) is 0 Å². The zero-order valence-electron chi connectivity index (χ0n) is 17.5. The minimum Gasteiger partial charge on any atom is -0.394 e. The molecular formula is C25H32O5. The van der Waals surface area contributed by atoms with Gasteiger partial charge in [-0.3, -0.25) is 0 Å². The first-order valence-electron chi connectivity index (χ1n) is 11.0. The normalized spacial score (nSPS) is 28.9. The maximum atomic E-state index is 10.5. The Labute approximate surface area is 178 Å². The average molecular weight is 413 g/mol. The molecule has 0 unspecified atom stereocenters. The number of hydrogen-bond acceptors (Lipinski definition) is 5. The first kappa shape index (κ1) is 21.5. The van der Waals surface area contributed by atoms with Crippen molar-refractivity contribution in [1.82, 2.24) is 0 Å². The maximum Gasteiger partial charge on any atom is 0.113 e. The molecule has 4 N–H and O–H groups in total. The van der Waals surface area contributed by atoms with Crippen molar-refractivity contribution in [3.63, 3.8) is 0 Å². The van der Waals surface area contributed by atoms with E-state index in [1.165, 1.54) is 47.1 Å². The summed E-state index contributed by atoms with van der Waals surface area (Å²) in [5, 5.41) is 40.2. The topological polar surface area (TPSA) is 90.2 Å². The van der Waals surface area contributed by atoms with Crippen molar-refractivity contribution in [3.05, 3.63) is 69.8 Å². The fourth-order valence-electron chi connectivity index (χ4n) is 4.83. The van der Waals surface area contributed by atoms with Crippen LogP contribution in [-0.4, -0.2) is 51.4 Å². The van der Waals surface area contributed by atoms with Crippen LogP contribution in [0.2, 0.25) is 0 Å². The largest absolute Gasteiger partial charge is 0.394 e. The van der Waals surface area contributed by atoms with Crippen LogP contribution in [0.4, 0.5) is 0 Å². The van der Waals surface area contributed by atoms with E-state index in [-0.39, 0.29) is 0 Å². The van der Waals surface area contributed by atoms with E-state index in [1.807, 2.05) is 18.2 Å². The number of benzene rings is 2. The number of hydrogen-bond donors (Lipinski definition) is 4. The predicted octanol–water partition coefficient (Wildman–Crippen LogP) is 2.23. The van der Waals surface area contributed by atoms with Crippen molar-refractivity contribution < 1.29 is 25.2 Å². The second-order valence-corrected chi connectivity index (χ2v) is 8.62. The maximum absolute atomic E-state index is 10.5. The fraction of sp³-hybridized carbons (Fsp3) is 0.520. The summed E-state index contributed by atoms with van der Waals surface area (Å²) in [6.07, 6.45) is 0.871. The molecule has 1 aliphatic carbocycles. The van der Waals surface area contributed by atoms with E-state index in [4.69, 9.17) is 4.74 Å². The van der Waals surface area contributed by atoms with Crippen molar-refractivity contribution >= 4 is 0 Å². The summed E-state index contributed by atoms with van der Waals surface area (Å²) in [5.74, 6) is 0. The second-order valence-electron chi connectivity index (χ2n) is 8.62. The lowest BCUT2D eigenvalue weighted by molar-refractivity contribution is -0.231. The van der Waals surface area contributed by atoms with Gasteiger partial charge in [-0.1, -0.05) is 43.3 Å². The summed E-state index contributed by atoms with van der Waals surface area (Å²) < 4.78 is 5.76. The first-order valence-corrected chi connectivity index (χ1v) is 11.0. The molecule has 0 radical (unpaired) electrons. The molecule has 0 aromatic heterocycles. The summed E-state index contributed by atoms with van der Waals surface area (Å²) in [6.45, 7) is 1.70. The molecule has 162 valence electrons. The molecule has 30 heavy (non-hydrogen) atoms. The number of ether oxygens (including phenoxy) is 1. The summed E-state index contributed by atoms with van der Waals surface area (Å²) >= 11 is 0. The predicted molar refractivity (Wildman–Crippen MR) is 114 cm³/mol. The van der Waals surface area contributed by atoms with Crippen molar-refractivity contribution in [2.24, 2.45) is 0 Å². The molecule has 0 saturated carbocycles. The van der Waals surface area contributed by atoms with Crippen LogP contribution in [0.15, 0.2) is 36.4 Å². The van der Waals surface area contributed by atoms with Gasteiger partial charge in [0.25, 0.3) is 0 Å². The molecule has 0 amide bonds. The van der Waals surface area contributed by atoms with Crippen LogP contribution in [-0.2, 0) is 30.4 Å². The van der Waals surface area contributed by atoms with Gasteiger partial charge < -0.3 is 25.2 Å². The lowest BCUT2D eigenvalue weighted by Gasteiger charge is -2.40. The molecule has 2 aromatic rings. The lowest BCUT2D eigenvalue weighted by Crippen LogP contribution is -2.55. The van der Waals surface area contributed by atoms with Crippen LogP contribution < -0.4 is 0 Å². The highest BCUT2D eigenvalue weighted by molar-refractivity contribution is 5.40. The number of aliphatic hydroxyl groups is 4. The van der Waals surface area contributed by atoms with E-state index in [2.05, 4.69) is 25.1 Å². The summed E-state index contributed by atoms with van der Waals surface area (Å²) in [6, 6.07) is 12.8. The molecule has 0 spiro atoms. The summed E-state index contributed by atoms with van der Waals surface area (Å²) in [4.78, 5) is 0. The Morgan fingerprint density at radius 2 is 1.63 bits per heavy atom. The third kappa shape index (κ3) is 4.18. The van der Waals surface area contributed by atoms with E-state index >= 15 is 0 Å². The van der Waals surface area contributed by atoms with Crippen LogP contribution >= 0.6 is 0 Å². The Hall–Kier alpha value is -1.76. The minimum absolute atomic E-state index is 0.420.